The molecule has 0 saturated heterocycles. The second-order valence-electron chi connectivity index (χ2n) is 5.43. The third-order valence-electron chi connectivity index (χ3n) is 3.72. The fourth-order valence-corrected chi connectivity index (χ4v) is 2.32. The molecule has 2 aromatic carbocycles. The minimum atomic E-state index is -1.09. The van der Waals surface area contributed by atoms with Crippen LogP contribution in [0.5, 0.6) is 0 Å². The van der Waals surface area contributed by atoms with Crippen molar-refractivity contribution in [3.05, 3.63) is 71.3 Å². The van der Waals surface area contributed by atoms with E-state index < -0.39 is 5.97 Å². The molecule has 6 nitrogen and oxygen atoms in total. The number of aliphatic hydroxyl groups is 2. The maximum atomic E-state index is 12.1. The number of aromatic carboxylic acids is 1. The van der Waals surface area contributed by atoms with Crippen LogP contribution in [0.3, 0.4) is 0 Å². The van der Waals surface area contributed by atoms with Crippen LogP contribution >= 0.6 is 0 Å². The van der Waals surface area contributed by atoms with Gasteiger partial charge in [-0.15, -0.1) is 0 Å². The van der Waals surface area contributed by atoms with Gasteiger partial charge in [-0.1, -0.05) is 55.5 Å². The first-order valence-electron chi connectivity index (χ1n) is 8.41. The lowest BCUT2D eigenvalue weighted by Gasteiger charge is -2.16. The van der Waals surface area contributed by atoms with Crippen molar-refractivity contribution in [3.63, 3.8) is 0 Å². The SMILES string of the molecule is CCN(CCO)CCO.O=C(O)c1ccccc1C(=O)c1ccccc1. The van der Waals surface area contributed by atoms with Crippen molar-refractivity contribution < 1.29 is 24.9 Å². The molecule has 0 saturated carbocycles. The summed E-state index contributed by atoms with van der Waals surface area (Å²) >= 11 is 0. The number of carbonyl (C=O) groups excluding carboxylic acids is 1. The Morgan fingerprint density at radius 1 is 0.846 bits per heavy atom. The van der Waals surface area contributed by atoms with Crippen molar-refractivity contribution in [2.75, 3.05) is 32.8 Å². The van der Waals surface area contributed by atoms with Crippen molar-refractivity contribution in [1.29, 1.82) is 0 Å². The second-order valence-corrected chi connectivity index (χ2v) is 5.43. The summed E-state index contributed by atoms with van der Waals surface area (Å²) in [5, 5.41) is 26.0. The van der Waals surface area contributed by atoms with Gasteiger partial charge in [0.2, 0.25) is 0 Å². The van der Waals surface area contributed by atoms with Crippen LogP contribution in [0.25, 0.3) is 0 Å². The zero-order valence-electron chi connectivity index (χ0n) is 14.8. The van der Waals surface area contributed by atoms with E-state index in [-0.39, 0.29) is 30.1 Å². The van der Waals surface area contributed by atoms with Crippen LogP contribution in [-0.2, 0) is 0 Å². The highest BCUT2D eigenvalue weighted by Crippen LogP contribution is 2.14. The average molecular weight is 359 g/mol. The Morgan fingerprint density at radius 3 is 1.81 bits per heavy atom. The van der Waals surface area contributed by atoms with E-state index in [0.29, 0.717) is 18.7 Å². The summed E-state index contributed by atoms with van der Waals surface area (Å²) in [5.41, 5.74) is 0.730. The summed E-state index contributed by atoms with van der Waals surface area (Å²) < 4.78 is 0. The molecule has 2 rings (SSSR count). The first-order valence-corrected chi connectivity index (χ1v) is 8.41. The molecule has 140 valence electrons. The lowest BCUT2D eigenvalue weighted by molar-refractivity contribution is 0.0692. The molecule has 0 unspecified atom stereocenters. The molecule has 0 radical (unpaired) electrons. The number of ketones is 1. The third kappa shape index (κ3) is 6.76. The zero-order chi connectivity index (χ0) is 19.4. The minimum absolute atomic E-state index is 0.0290. The van der Waals surface area contributed by atoms with Gasteiger partial charge in [0, 0.05) is 24.2 Å². The van der Waals surface area contributed by atoms with E-state index in [9.17, 15) is 9.59 Å². The quantitative estimate of drug-likeness (QED) is 0.623. The number of carboxylic acids is 1. The average Bonchev–Trinajstić information content (AvgIpc) is 2.68. The van der Waals surface area contributed by atoms with Crippen LogP contribution in [0, 0.1) is 0 Å². The highest BCUT2D eigenvalue weighted by Gasteiger charge is 2.16. The van der Waals surface area contributed by atoms with E-state index in [1.165, 1.54) is 12.1 Å². The van der Waals surface area contributed by atoms with E-state index in [0.717, 1.165) is 6.54 Å². The summed E-state index contributed by atoms with van der Waals surface area (Å²) in [6.45, 7) is 4.57. The summed E-state index contributed by atoms with van der Waals surface area (Å²) in [6.07, 6.45) is 0. The molecule has 0 fully saturated rings. The number of hydrogen-bond acceptors (Lipinski definition) is 5. The Hall–Kier alpha value is -2.54. The van der Waals surface area contributed by atoms with Gasteiger partial charge in [-0.2, -0.15) is 0 Å². The van der Waals surface area contributed by atoms with Gasteiger partial charge in [0.25, 0.3) is 0 Å². The van der Waals surface area contributed by atoms with Crippen molar-refractivity contribution in [3.8, 4) is 0 Å². The fraction of sp³-hybridized carbons (Fsp3) is 0.300. The molecule has 0 aliphatic rings. The number of hydrogen-bond donors (Lipinski definition) is 3. The normalized spacial score (nSPS) is 10.2. The fourth-order valence-electron chi connectivity index (χ4n) is 2.32. The van der Waals surface area contributed by atoms with Crippen molar-refractivity contribution in [2.45, 2.75) is 6.92 Å². The Labute approximate surface area is 153 Å². The standard InChI is InChI=1S/C14H10O3.C6H15NO2/c15-13(10-6-2-1-3-7-10)11-8-4-5-9-12(11)14(16)17;1-2-7(3-5-8)4-6-9/h1-9H,(H,16,17);8-9H,2-6H2,1H3. The van der Waals surface area contributed by atoms with Crippen molar-refractivity contribution >= 4 is 11.8 Å². The number of carboxylic acid groups (broad SMARTS) is 1. The molecule has 0 spiro atoms. The largest absolute Gasteiger partial charge is 0.478 e. The van der Waals surface area contributed by atoms with Crippen LogP contribution in [0.2, 0.25) is 0 Å². The van der Waals surface area contributed by atoms with Crippen LogP contribution in [-0.4, -0.2) is 64.8 Å². The maximum absolute atomic E-state index is 12.1. The molecule has 2 aromatic rings. The molecule has 0 aromatic heterocycles. The Kier molecular flexibility index (Phi) is 9.86. The molecule has 0 heterocycles. The first-order chi connectivity index (χ1) is 12.5. The van der Waals surface area contributed by atoms with Crippen LogP contribution in [0.1, 0.15) is 33.2 Å². The topological polar surface area (TPSA) is 98.1 Å². The monoisotopic (exact) mass is 359 g/mol. The number of rotatable bonds is 8. The predicted octanol–water partition coefficient (Wildman–Crippen LogP) is 1.91. The van der Waals surface area contributed by atoms with Gasteiger partial charge in [-0.3, -0.25) is 9.69 Å². The summed E-state index contributed by atoms with van der Waals surface area (Å²) in [5.74, 6) is -1.37. The van der Waals surface area contributed by atoms with E-state index >= 15 is 0 Å². The van der Waals surface area contributed by atoms with Gasteiger partial charge >= 0.3 is 5.97 Å². The first kappa shape index (κ1) is 21.5. The molecule has 0 amide bonds. The van der Waals surface area contributed by atoms with E-state index in [1.54, 1.807) is 42.5 Å². The third-order valence-corrected chi connectivity index (χ3v) is 3.72. The maximum Gasteiger partial charge on any atom is 0.336 e. The van der Waals surface area contributed by atoms with Gasteiger partial charge in [-0.05, 0) is 12.6 Å². The van der Waals surface area contributed by atoms with Crippen LogP contribution in [0.15, 0.2) is 54.6 Å². The van der Waals surface area contributed by atoms with Gasteiger partial charge in [0.1, 0.15) is 0 Å². The number of benzene rings is 2. The smallest absolute Gasteiger partial charge is 0.336 e. The molecule has 0 aliphatic carbocycles. The Bertz CT molecular complexity index is 682. The molecular formula is C20H25NO5. The summed E-state index contributed by atoms with van der Waals surface area (Å²) in [4.78, 5) is 25.1. The van der Waals surface area contributed by atoms with E-state index in [1.807, 2.05) is 11.8 Å². The summed E-state index contributed by atoms with van der Waals surface area (Å²) in [6, 6.07) is 14.8. The van der Waals surface area contributed by atoms with Crippen molar-refractivity contribution in [2.24, 2.45) is 0 Å². The van der Waals surface area contributed by atoms with Gasteiger partial charge in [0.15, 0.2) is 5.78 Å². The van der Waals surface area contributed by atoms with Gasteiger partial charge in [0.05, 0.1) is 18.8 Å². The number of nitrogens with zero attached hydrogens (tertiary/aromatic N) is 1. The van der Waals surface area contributed by atoms with E-state index in [2.05, 4.69) is 0 Å². The van der Waals surface area contributed by atoms with E-state index in [4.69, 9.17) is 15.3 Å². The molecule has 0 bridgehead atoms. The number of likely N-dealkylation sites (N-methyl/N-ethyl adjacent to an activating group) is 1. The highest BCUT2D eigenvalue weighted by molar-refractivity contribution is 6.14. The lowest BCUT2D eigenvalue weighted by Crippen LogP contribution is -2.29. The summed E-state index contributed by atoms with van der Waals surface area (Å²) in [7, 11) is 0. The molecule has 3 N–H and O–H groups in total. The van der Waals surface area contributed by atoms with Gasteiger partial charge in [-0.25, -0.2) is 4.79 Å². The molecule has 6 heteroatoms. The predicted molar refractivity (Wildman–Crippen MR) is 99.6 cm³/mol. The second kappa shape index (κ2) is 11.9. The zero-order valence-corrected chi connectivity index (χ0v) is 14.8. The molecular weight excluding hydrogens is 334 g/mol. The van der Waals surface area contributed by atoms with Crippen molar-refractivity contribution in [1.82, 2.24) is 4.90 Å². The Morgan fingerprint density at radius 2 is 1.35 bits per heavy atom. The lowest BCUT2D eigenvalue weighted by atomic mass is 9.98. The van der Waals surface area contributed by atoms with Crippen LogP contribution < -0.4 is 0 Å². The minimum Gasteiger partial charge on any atom is -0.478 e. The number of carbonyl (C=O) groups is 2. The van der Waals surface area contributed by atoms with Crippen LogP contribution in [0.4, 0.5) is 0 Å². The van der Waals surface area contributed by atoms with Gasteiger partial charge < -0.3 is 15.3 Å². The number of aliphatic hydroxyl groups excluding tert-OH is 2. The molecule has 0 aliphatic heterocycles. The Balaban J connectivity index is 0.000000321. The molecule has 0 atom stereocenters. The molecule has 26 heavy (non-hydrogen) atoms. The highest BCUT2D eigenvalue weighted by atomic mass is 16.4.